The van der Waals surface area contributed by atoms with Crippen LogP contribution in [0, 0.1) is 12.7 Å². The number of carbonyl (C=O) groups is 1. The van der Waals surface area contributed by atoms with Crippen molar-refractivity contribution in [3.8, 4) is 17.0 Å². The van der Waals surface area contributed by atoms with Crippen LogP contribution in [0.3, 0.4) is 0 Å². The van der Waals surface area contributed by atoms with Gasteiger partial charge in [0.15, 0.2) is 6.10 Å². The maximum atomic E-state index is 15.0. The largest absolute Gasteiger partial charge is 0.475 e. The number of benzene rings is 1. The van der Waals surface area contributed by atoms with Gasteiger partial charge in [-0.05, 0) is 48.2 Å². The molecular weight excluding hydrogens is 524 g/mol. The Morgan fingerprint density at radius 1 is 1.23 bits per heavy atom. The Kier molecular flexibility index (Phi) is 9.13. The molecule has 214 valence electrons. The molecule has 0 saturated carbocycles. The highest BCUT2D eigenvalue weighted by molar-refractivity contribution is 5.91. The summed E-state index contributed by atoms with van der Waals surface area (Å²) in [5, 5.41) is 11.7. The summed E-state index contributed by atoms with van der Waals surface area (Å²) in [6.07, 6.45) is -6.65. The van der Waals surface area contributed by atoms with Crippen molar-refractivity contribution < 1.29 is 41.7 Å². The minimum absolute atomic E-state index is 0.0381. The minimum Gasteiger partial charge on any atom is -0.475 e. The fourth-order valence-corrected chi connectivity index (χ4v) is 4.63. The van der Waals surface area contributed by atoms with E-state index in [1.54, 1.807) is 13.0 Å². The van der Waals surface area contributed by atoms with Gasteiger partial charge in [0.25, 0.3) is 0 Å². The molecule has 2 N–H and O–H groups in total. The number of amides is 2. The van der Waals surface area contributed by atoms with E-state index < -0.39 is 36.6 Å². The highest BCUT2D eigenvalue weighted by Gasteiger charge is 2.45. The number of urea groups is 1. The van der Waals surface area contributed by atoms with Crippen LogP contribution in [-0.4, -0.2) is 92.5 Å². The molecule has 2 unspecified atom stereocenters. The Morgan fingerprint density at radius 2 is 1.97 bits per heavy atom. The predicted octanol–water partition coefficient (Wildman–Crippen LogP) is 3.98. The first kappa shape index (κ1) is 28.8. The van der Waals surface area contributed by atoms with Gasteiger partial charge in [0.2, 0.25) is 5.88 Å². The minimum atomic E-state index is -4.53. The fraction of sp³-hybridized carbons (Fsp3) is 0.538. The molecule has 0 aliphatic carbocycles. The van der Waals surface area contributed by atoms with Gasteiger partial charge in [-0.1, -0.05) is 0 Å². The second kappa shape index (κ2) is 12.3. The zero-order chi connectivity index (χ0) is 28.2. The number of aliphatic hydroxyl groups is 1. The molecule has 0 bridgehead atoms. The number of nitrogens with zero attached hydrogens (tertiary/aromatic N) is 3. The van der Waals surface area contributed by atoms with Gasteiger partial charge in [-0.15, -0.1) is 0 Å². The van der Waals surface area contributed by atoms with Crippen LogP contribution in [-0.2, 0) is 9.47 Å². The van der Waals surface area contributed by atoms with E-state index in [9.17, 15) is 27.5 Å². The van der Waals surface area contributed by atoms with Crippen molar-refractivity contribution in [2.24, 2.45) is 0 Å². The van der Waals surface area contributed by atoms with Gasteiger partial charge >= 0.3 is 12.2 Å². The van der Waals surface area contributed by atoms with E-state index >= 15 is 0 Å². The lowest BCUT2D eigenvalue weighted by atomic mass is 9.99. The lowest BCUT2D eigenvalue weighted by Crippen LogP contribution is -2.48. The van der Waals surface area contributed by atoms with Gasteiger partial charge in [0.1, 0.15) is 18.2 Å². The standard InChI is InChI=1S/C26H32F4N4O5/c1-16-11-20(27)21(31-25(36)33(2)18-3-7-38-22(14-18)26(28,29)30)15-19(16)17-12-23(34-4-8-37-9-5-34)32-24(13-17)39-10-6-35/h11-13,15,18,22,35H,3-10,14H2,1-2H3,(H,31,36). The molecule has 2 aliphatic heterocycles. The van der Waals surface area contributed by atoms with Crippen LogP contribution >= 0.6 is 0 Å². The molecule has 2 aromatic rings. The second-order valence-electron chi connectivity index (χ2n) is 9.49. The average molecular weight is 557 g/mol. The maximum Gasteiger partial charge on any atom is 0.414 e. The fourth-order valence-electron chi connectivity index (χ4n) is 4.63. The van der Waals surface area contributed by atoms with E-state index in [1.165, 1.54) is 19.2 Å². The van der Waals surface area contributed by atoms with Crippen molar-refractivity contribution in [2.45, 2.75) is 38.1 Å². The molecule has 1 aromatic carbocycles. The average Bonchev–Trinajstić information content (AvgIpc) is 2.92. The van der Waals surface area contributed by atoms with Crippen molar-refractivity contribution in [1.29, 1.82) is 0 Å². The first-order chi connectivity index (χ1) is 18.6. The van der Waals surface area contributed by atoms with Gasteiger partial charge in [0.05, 0.1) is 25.5 Å². The van der Waals surface area contributed by atoms with Gasteiger partial charge in [-0.2, -0.15) is 18.2 Å². The summed E-state index contributed by atoms with van der Waals surface area (Å²) in [6, 6.07) is 4.80. The van der Waals surface area contributed by atoms with E-state index in [0.29, 0.717) is 48.8 Å². The molecule has 2 amide bonds. The van der Waals surface area contributed by atoms with E-state index in [0.717, 1.165) is 4.90 Å². The molecule has 4 rings (SSSR count). The van der Waals surface area contributed by atoms with E-state index in [2.05, 4.69) is 10.3 Å². The first-order valence-corrected chi connectivity index (χ1v) is 12.7. The van der Waals surface area contributed by atoms with E-state index in [4.69, 9.17) is 14.2 Å². The third-order valence-electron chi connectivity index (χ3n) is 6.82. The summed E-state index contributed by atoms with van der Waals surface area (Å²) >= 11 is 0. The molecule has 0 radical (unpaired) electrons. The smallest absolute Gasteiger partial charge is 0.414 e. The molecule has 1 aromatic heterocycles. The number of halogens is 4. The monoisotopic (exact) mass is 556 g/mol. The van der Waals surface area contributed by atoms with Gasteiger partial charge in [0, 0.05) is 45.3 Å². The Hall–Kier alpha value is -3.16. The number of carbonyl (C=O) groups excluding carboxylic acids is 1. The van der Waals surface area contributed by atoms with Gasteiger partial charge in [-0.3, -0.25) is 0 Å². The number of anilines is 2. The quantitative estimate of drug-likeness (QED) is 0.498. The van der Waals surface area contributed by atoms with Crippen LogP contribution in [0.15, 0.2) is 24.3 Å². The highest BCUT2D eigenvalue weighted by atomic mass is 19.4. The van der Waals surface area contributed by atoms with Crippen LogP contribution in [0.1, 0.15) is 18.4 Å². The van der Waals surface area contributed by atoms with Crippen molar-refractivity contribution >= 4 is 17.5 Å². The molecule has 0 spiro atoms. The number of hydrogen-bond donors (Lipinski definition) is 2. The Labute approximate surface area is 223 Å². The number of aliphatic hydroxyl groups excluding tert-OH is 1. The van der Waals surface area contributed by atoms with Crippen LogP contribution in [0.2, 0.25) is 0 Å². The normalized spacial score (nSPS) is 20.0. The molecule has 3 heterocycles. The molecule has 13 heteroatoms. The number of ether oxygens (including phenoxy) is 3. The SMILES string of the molecule is Cc1cc(F)c(NC(=O)N(C)C2CCOC(C(F)(F)F)C2)cc1-c1cc(OCCO)nc(N2CCOCC2)c1. The molecule has 2 saturated heterocycles. The summed E-state index contributed by atoms with van der Waals surface area (Å²) in [5.74, 6) is 0.213. The lowest BCUT2D eigenvalue weighted by Gasteiger charge is -2.36. The summed E-state index contributed by atoms with van der Waals surface area (Å²) in [7, 11) is 1.38. The molecular formula is C26H32F4N4O5. The number of hydrogen-bond acceptors (Lipinski definition) is 7. The predicted molar refractivity (Wildman–Crippen MR) is 136 cm³/mol. The second-order valence-corrected chi connectivity index (χ2v) is 9.49. The van der Waals surface area contributed by atoms with Crippen molar-refractivity contribution in [2.75, 3.05) is 63.4 Å². The maximum absolute atomic E-state index is 15.0. The summed E-state index contributed by atoms with van der Waals surface area (Å²) in [4.78, 5) is 20.7. The van der Waals surface area contributed by atoms with Crippen molar-refractivity contribution in [1.82, 2.24) is 9.88 Å². The summed E-state index contributed by atoms with van der Waals surface area (Å²) < 4.78 is 70.2. The first-order valence-electron chi connectivity index (χ1n) is 12.7. The third-order valence-corrected chi connectivity index (χ3v) is 6.82. The zero-order valence-electron chi connectivity index (χ0n) is 21.8. The van der Waals surface area contributed by atoms with Crippen molar-refractivity contribution in [3.05, 3.63) is 35.6 Å². The van der Waals surface area contributed by atoms with Crippen LogP contribution in [0.25, 0.3) is 11.1 Å². The number of morpholine rings is 1. The molecule has 39 heavy (non-hydrogen) atoms. The number of rotatable bonds is 7. The molecule has 2 fully saturated rings. The van der Waals surface area contributed by atoms with Gasteiger partial charge < -0.3 is 34.4 Å². The lowest BCUT2D eigenvalue weighted by molar-refractivity contribution is -0.235. The molecule has 9 nitrogen and oxygen atoms in total. The number of aromatic nitrogens is 1. The van der Waals surface area contributed by atoms with Crippen LogP contribution in [0.5, 0.6) is 5.88 Å². The Balaban J connectivity index is 1.59. The number of alkyl halides is 3. The Morgan fingerprint density at radius 3 is 2.67 bits per heavy atom. The highest BCUT2D eigenvalue weighted by Crippen LogP contribution is 2.34. The summed E-state index contributed by atoms with van der Waals surface area (Å²) in [5.41, 5.74) is 1.72. The number of pyridine rings is 1. The topological polar surface area (TPSA) is 96.4 Å². The van der Waals surface area contributed by atoms with Crippen molar-refractivity contribution in [3.63, 3.8) is 0 Å². The number of aryl methyl sites for hydroxylation is 1. The van der Waals surface area contributed by atoms with E-state index in [-0.39, 0.29) is 37.8 Å². The summed E-state index contributed by atoms with van der Waals surface area (Å²) in [6.45, 7) is 3.73. The zero-order valence-corrected chi connectivity index (χ0v) is 21.8. The Bertz CT molecular complexity index is 1160. The van der Waals surface area contributed by atoms with Crippen LogP contribution in [0.4, 0.5) is 33.9 Å². The van der Waals surface area contributed by atoms with Gasteiger partial charge in [-0.25, -0.2) is 9.18 Å². The third kappa shape index (κ3) is 7.08. The van der Waals surface area contributed by atoms with E-state index in [1.807, 2.05) is 11.0 Å². The van der Waals surface area contributed by atoms with Crippen LogP contribution < -0.4 is 15.0 Å². The number of nitrogens with one attached hydrogen (secondary N) is 1. The molecule has 2 aliphatic rings. The molecule has 2 atom stereocenters.